The van der Waals surface area contributed by atoms with Crippen molar-refractivity contribution in [2.75, 3.05) is 32.1 Å². The van der Waals surface area contributed by atoms with Crippen LogP contribution in [0.3, 0.4) is 0 Å². The molecule has 0 rings (SSSR count). The topological polar surface area (TPSA) is 18.5 Å². The summed E-state index contributed by atoms with van der Waals surface area (Å²) in [7, 11) is 1.64. The summed E-state index contributed by atoms with van der Waals surface area (Å²) in [5.41, 5.74) is 0. The Bertz CT molecular complexity index is 105. The average Bonchev–Trinajstić information content (AvgIpc) is 2.11. The molecular weight excluding hydrogens is 314 g/mol. The van der Waals surface area contributed by atoms with Crippen molar-refractivity contribution in [2.45, 2.75) is 10.0 Å². The highest BCUT2D eigenvalue weighted by atomic mass is 127. The minimum atomic E-state index is 0.0277. The van der Waals surface area contributed by atoms with E-state index in [0.717, 1.165) is 0 Å². The third-order valence-corrected chi connectivity index (χ3v) is 3.72. The number of methoxy groups -OCH3 is 1. The lowest BCUT2D eigenvalue weighted by molar-refractivity contribution is 0.0313. The molecule has 0 aromatic rings. The molecule has 0 aromatic carbocycles. The molecule has 0 aliphatic rings. The summed E-state index contributed by atoms with van der Waals surface area (Å²) in [6, 6.07) is 0. The van der Waals surface area contributed by atoms with Gasteiger partial charge >= 0.3 is 0 Å². The number of hydrogen-bond donors (Lipinski definition) is 0. The van der Waals surface area contributed by atoms with Crippen LogP contribution in [0.15, 0.2) is 0 Å². The second kappa shape index (κ2) is 8.81. The van der Waals surface area contributed by atoms with Crippen LogP contribution in [-0.4, -0.2) is 42.1 Å². The maximum atomic E-state index is 5.69. The van der Waals surface area contributed by atoms with Gasteiger partial charge in [-0.05, 0) is 0 Å². The third kappa shape index (κ3) is 5.80. The van der Waals surface area contributed by atoms with Gasteiger partial charge in [0, 0.05) is 18.9 Å². The first-order chi connectivity index (χ1) is 5.76. The normalized spacial score (nSPS) is 16.0. The molecule has 2 unspecified atom stereocenters. The lowest BCUT2D eigenvalue weighted by Crippen LogP contribution is -2.28. The van der Waals surface area contributed by atoms with Gasteiger partial charge in [0.05, 0.1) is 23.2 Å². The predicted molar refractivity (Wildman–Crippen MR) is 60.9 cm³/mol. The van der Waals surface area contributed by atoms with Crippen molar-refractivity contribution >= 4 is 45.8 Å². The SMILES string of the molecule is COCCOC(CCl)C(I)CCl. The van der Waals surface area contributed by atoms with Crippen molar-refractivity contribution in [3.8, 4) is 0 Å². The van der Waals surface area contributed by atoms with Crippen molar-refractivity contribution in [1.29, 1.82) is 0 Å². The Labute approximate surface area is 97.0 Å². The molecule has 0 aliphatic carbocycles. The summed E-state index contributed by atoms with van der Waals surface area (Å²) in [6.45, 7) is 1.17. The van der Waals surface area contributed by atoms with Crippen molar-refractivity contribution in [1.82, 2.24) is 0 Å². The van der Waals surface area contributed by atoms with Crippen molar-refractivity contribution < 1.29 is 9.47 Å². The largest absolute Gasteiger partial charge is 0.382 e. The van der Waals surface area contributed by atoms with Crippen molar-refractivity contribution in [2.24, 2.45) is 0 Å². The molecule has 0 saturated carbocycles. The fourth-order valence-electron chi connectivity index (χ4n) is 0.628. The molecule has 0 saturated heterocycles. The molecule has 0 amide bonds. The predicted octanol–water partition coefficient (Wildman–Crippen LogP) is 2.30. The van der Waals surface area contributed by atoms with E-state index in [9.17, 15) is 0 Å². The van der Waals surface area contributed by atoms with Gasteiger partial charge in [-0.25, -0.2) is 0 Å². The minimum Gasteiger partial charge on any atom is -0.382 e. The molecule has 0 heterocycles. The first-order valence-electron chi connectivity index (χ1n) is 3.62. The Morgan fingerprint density at radius 3 is 2.33 bits per heavy atom. The van der Waals surface area contributed by atoms with Crippen LogP contribution in [0.2, 0.25) is 0 Å². The number of hydrogen-bond acceptors (Lipinski definition) is 2. The number of ether oxygens (including phenoxy) is 2. The van der Waals surface area contributed by atoms with E-state index in [2.05, 4.69) is 22.6 Å². The van der Waals surface area contributed by atoms with E-state index in [1.54, 1.807) is 7.11 Å². The van der Waals surface area contributed by atoms with E-state index in [-0.39, 0.29) is 10.0 Å². The zero-order valence-electron chi connectivity index (χ0n) is 6.93. The monoisotopic (exact) mass is 326 g/mol. The second-order valence-electron chi connectivity index (χ2n) is 2.23. The maximum Gasteiger partial charge on any atom is 0.0840 e. The highest BCUT2D eigenvalue weighted by Gasteiger charge is 2.16. The summed E-state index contributed by atoms with van der Waals surface area (Å²) in [6.07, 6.45) is 0.0277. The van der Waals surface area contributed by atoms with E-state index in [1.165, 1.54) is 0 Å². The quantitative estimate of drug-likeness (QED) is 0.406. The summed E-state index contributed by atoms with van der Waals surface area (Å²) >= 11 is 13.6. The van der Waals surface area contributed by atoms with Crippen molar-refractivity contribution in [3.63, 3.8) is 0 Å². The van der Waals surface area contributed by atoms with Crippen LogP contribution in [0.5, 0.6) is 0 Å². The maximum absolute atomic E-state index is 5.69. The molecule has 0 N–H and O–H groups in total. The number of rotatable bonds is 7. The smallest absolute Gasteiger partial charge is 0.0840 e. The van der Waals surface area contributed by atoms with Crippen LogP contribution in [-0.2, 0) is 9.47 Å². The fourth-order valence-corrected chi connectivity index (χ4v) is 1.89. The Hall–Kier alpha value is 1.23. The Morgan fingerprint density at radius 1 is 1.25 bits per heavy atom. The van der Waals surface area contributed by atoms with E-state index in [1.807, 2.05) is 0 Å². The zero-order valence-corrected chi connectivity index (χ0v) is 10.6. The lowest BCUT2D eigenvalue weighted by atomic mass is 10.3. The van der Waals surface area contributed by atoms with E-state index < -0.39 is 0 Å². The minimum absolute atomic E-state index is 0.0277. The molecule has 0 aromatic heterocycles. The van der Waals surface area contributed by atoms with Gasteiger partial charge in [0.25, 0.3) is 0 Å². The summed E-state index contributed by atoms with van der Waals surface area (Å²) in [5, 5.41) is 0. The fraction of sp³-hybridized carbons (Fsp3) is 1.00. The molecule has 0 spiro atoms. The molecule has 0 fully saturated rings. The molecule has 74 valence electrons. The molecule has 0 aliphatic heterocycles. The van der Waals surface area contributed by atoms with Crippen LogP contribution >= 0.6 is 45.8 Å². The van der Waals surface area contributed by atoms with Crippen LogP contribution < -0.4 is 0 Å². The van der Waals surface area contributed by atoms with Crippen LogP contribution in [0.4, 0.5) is 0 Å². The number of alkyl halides is 3. The highest BCUT2D eigenvalue weighted by Crippen LogP contribution is 2.13. The van der Waals surface area contributed by atoms with Gasteiger partial charge in [-0.2, -0.15) is 0 Å². The zero-order chi connectivity index (χ0) is 9.40. The highest BCUT2D eigenvalue weighted by molar-refractivity contribution is 14.1. The van der Waals surface area contributed by atoms with Gasteiger partial charge in [-0.3, -0.25) is 0 Å². The Morgan fingerprint density at radius 2 is 1.92 bits per heavy atom. The number of halogens is 3. The van der Waals surface area contributed by atoms with Crippen LogP contribution in [0, 0.1) is 0 Å². The molecule has 2 atom stereocenters. The first-order valence-corrected chi connectivity index (χ1v) is 5.94. The summed E-state index contributed by atoms with van der Waals surface area (Å²) in [5.74, 6) is 1.04. The van der Waals surface area contributed by atoms with Crippen LogP contribution in [0.1, 0.15) is 0 Å². The standard InChI is InChI=1S/C7H13Cl2IO2/c1-11-2-3-12-7(5-9)6(10)4-8/h6-7H,2-5H2,1H3. The molecule has 2 nitrogen and oxygen atoms in total. The molecular formula is C7H13Cl2IO2. The molecule has 0 radical (unpaired) electrons. The Kier molecular flexibility index (Phi) is 9.72. The first kappa shape index (κ1) is 13.2. The third-order valence-electron chi connectivity index (χ3n) is 1.32. The summed E-state index contributed by atoms with van der Waals surface area (Å²) in [4.78, 5) is 0. The molecule has 0 bridgehead atoms. The van der Waals surface area contributed by atoms with Gasteiger partial charge in [0.15, 0.2) is 0 Å². The average molecular weight is 327 g/mol. The summed E-state index contributed by atoms with van der Waals surface area (Å²) < 4.78 is 10.5. The van der Waals surface area contributed by atoms with Gasteiger partial charge < -0.3 is 9.47 Å². The Balaban J connectivity index is 3.52. The van der Waals surface area contributed by atoms with Gasteiger partial charge in [-0.1, -0.05) is 22.6 Å². The van der Waals surface area contributed by atoms with Crippen molar-refractivity contribution in [3.05, 3.63) is 0 Å². The van der Waals surface area contributed by atoms with Gasteiger partial charge in [-0.15, -0.1) is 23.2 Å². The second-order valence-corrected chi connectivity index (χ2v) is 4.44. The van der Waals surface area contributed by atoms with Gasteiger partial charge in [0.2, 0.25) is 0 Å². The molecule has 5 heteroatoms. The van der Waals surface area contributed by atoms with E-state index in [0.29, 0.717) is 25.0 Å². The lowest BCUT2D eigenvalue weighted by Gasteiger charge is -2.18. The van der Waals surface area contributed by atoms with Crippen LogP contribution in [0.25, 0.3) is 0 Å². The van der Waals surface area contributed by atoms with E-state index in [4.69, 9.17) is 32.7 Å². The molecule has 12 heavy (non-hydrogen) atoms. The van der Waals surface area contributed by atoms with Gasteiger partial charge in [0.1, 0.15) is 0 Å². The van der Waals surface area contributed by atoms with E-state index >= 15 is 0 Å².